The zero-order chi connectivity index (χ0) is 13.9. The van der Waals surface area contributed by atoms with Crippen molar-refractivity contribution in [3.05, 3.63) is 51.2 Å². The van der Waals surface area contributed by atoms with Gasteiger partial charge in [0.2, 0.25) is 0 Å². The third-order valence-electron chi connectivity index (χ3n) is 2.81. The number of hydrogen-bond donors (Lipinski definition) is 0. The standard InChI is InChI=1S/C15H11ClO3S/c16-11-8-10(9-13-15(11)19-6-5-18-13)3-4-12(17)14-2-1-7-20-14/h1-4,7-9H,5-6H2/b4-3+. The minimum Gasteiger partial charge on any atom is -0.486 e. The van der Waals surface area contributed by atoms with Crippen LogP contribution in [-0.4, -0.2) is 19.0 Å². The smallest absolute Gasteiger partial charge is 0.195 e. The van der Waals surface area contributed by atoms with Crippen molar-refractivity contribution in [3.63, 3.8) is 0 Å². The van der Waals surface area contributed by atoms with Gasteiger partial charge in [-0.2, -0.15) is 0 Å². The summed E-state index contributed by atoms with van der Waals surface area (Å²) in [6, 6.07) is 7.23. The summed E-state index contributed by atoms with van der Waals surface area (Å²) in [5.74, 6) is 1.16. The summed E-state index contributed by atoms with van der Waals surface area (Å²) in [5, 5.41) is 2.37. The van der Waals surface area contributed by atoms with Crippen LogP contribution in [-0.2, 0) is 0 Å². The van der Waals surface area contributed by atoms with Crippen molar-refractivity contribution in [2.24, 2.45) is 0 Å². The van der Waals surface area contributed by atoms with Crippen LogP contribution in [0.4, 0.5) is 0 Å². The van der Waals surface area contributed by atoms with E-state index in [1.807, 2.05) is 17.5 Å². The average molecular weight is 307 g/mol. The summed E-state index contributed by atoms with van der Waals surface area (Å²) < 4.78 is 10.9. The summed E-state index contributed by atoms with van der Waals surface area (Å²) in [6.07, 6.45) is 3.26. The highest BCUT2D eigenvalue weighted by molar-refractivity contribution is 7.12. The van der Waals surface area contributed by atoms with Crippen molar-refractivity contribution < 1.29 is 14.3 Å². The molecule has 0 fully saturated rings. The summed E-state index contributed by atoms with van der Waals surface area (Å²) in [4.78, 5) is 12.6. The Labute approximate surface area is 125 Å². The minimum absolute atomic E-state index is 0.0222. The molecule has 102 valence electrons. The van der Waals surface area contributed by atoms with Crippen molar-refractivity contribution in [1.82, 2.24) is 0 Å². The van der Waals surface area contributed by atoms with Crippen molar-refractivity contribution >= 4 is 34.8 Å². The van der Waals surface area contributed by atoms with E-state index in [0.717, 1.165) is 5.56 Å². The quantitative estimate of drug-likeness (QED) is 0.633. The first kappa shape index (κ1) is 13.2. The Bertz CT molecular complexity index is 662. The number of rotatable bonds is 3. The lowest BCUT2D eigenvalue weighted by Gasteiger charge is -2.19. The third-order valence-corrected chi connectivity index (χ3v) is 3.98. The Hall–Kier alpha value is -1.78. The lowest BCUT2D eigenvalue weighted by molar-refractivity contribution is 0.105. The van der Waals surface area contributed by atoms with Crippen molar-refractivity contribution in [1.29, 1.82) is 0 Å². The first-order chi connectivity index (χ1) is 9.74. The van der Waals surface area contributed by atoms with E-state index in [2.05, 4.69) is 0 Å². The van der Waals surface area contributed by atoms with Gasteiger partial charge < -0.3 is 9.47 Å². The van der Waals surface area contributed by atoms with Crippen LogP contribution in [0.5, 0.6) is 11.5 Å². The monoisotopic (exact) mass is 306 g/mol. The molecule has 0 N–H and O–H groups in total. The minimum atomic E-state index is -0.0222. The van der Waals surface area contributed by atoms with Crippen LogP contribution in [0.25, 0.3) is 6.08 Å². The number of ether oxygens (including phenoxy) is 2. The van der Waals surface area contributed by atoms with Crippen molar-refractivity contribution in [3.8, 4) is 11.5 Å². The number of carbonyl (C=O) groups excluding carboxylic acids is 1. The van der Waals surface area contributed by atoms with Crippen LogP contribution in [0.15, 0.2) is 35.7 Å². The predicted molar refractivity (Wildman–Crippen MR) is 80.1 cm³/mol. The van der Waals surface area contributed by atoms with Crippen LogP contribution < -0.4 is 9.47 Å². The maximum absolute atomic E-state index is 11.9. The number of allylic oxidation sites excluding steroid dienone is 1. The molecule has 3 nitrogen and oxygen atoms in total. The van der Waals surface area contributed by atoms with E-state index in [0.29, 0.717) is 34.6 Å². The van der Waals surface area contributed by atoms with Crippen molar-refractivity contribution in [2.45, 2.75) is 0 Å². The highest BCUT2D eigenvalue weighted by Crippen LogP contribution is 2.38. The van der Waals surface area contributed by atoms with E-state index >= 15 is 0 Å². The fourth-order valence-electron chi connectivity index (χ4n) is 1.90. The van der Waals surface area contributed by atoms with Crippen LogP contribution in [0.1, 0.15) is 15.2 Å². The first-order valence-corrected chi connectivity index (χ1v) is 7.35. The topological polar surface area (TPSA) is 35.5 Å². The molecule has 3 rings (SSSR count). The van der Waals surface area contributed by atoms with Gasteiger partial charge in [0.05, 0.1) is 9.90 Å². The second-order valence-corrected chi connectivity index (χ2v) is 5.56. The Morgan fingerprint density at radius 3 is 2.95 bits per heavy atom. The normalized spacial score (nSPS) is 13.7. The number of fused-ring (bicyclic) bond motifs is 1. The molecule has 0 radical (unpaired) electrons. The van der Waals surface area contributed by atoms with E-state index in [4.69, 9.17) is 21.1 Å². The second-order valence-electron chi connectivity index (χ2n) is 4.20. The molecule has 0 saturated carbocycles. The molecule has 5 heteroatoms. The van der Waals surface area contributed by atoms with E-state index < -0.39 is 0 Å². The van der Waals surface area contributed by atoms with Gasteiger partial charge >= 0.3 is 0 Å². The molecule has 0 bridgehead atoms. The Kier molecular flexibility index (Phi) is 3.76. The molecule has 1 aromatic carbocycles. The van der Waals surface area contributed by atoms with Crippen molar-refractivity contribution in [2.75, 3.05) is 13.2 Å². The molecule has 1 aliphatic rings. The zero-order valence-electron chi connectivity index (χ0n) is 10.5. The maximum Gasteiger partial charge on any atom is 0.195 e. The molecule has 0 saturated heterocycles. The summed E-state index contributed by atoms with van der Waals surface area (Å²) in [5.41, 5.74) is 0.809. The molecule has 2 heterocycles. The molecular weight excluding hydrogens is 296 g/mol. The van der Waals surface area contributed by atoms with Gasteiger partial charge in [0.25, 0.3) is 0 Å². The fraction of sp³-hybridized carbons (Fsp3) is 0.133. The predicted octanol–water partition coefficient (Wildman–Crippen LogP) is 4.07. The van der Waals surface area contributed by atoms with Crippen LogP contribution >= 0.6 is 22.9 Å². The van der Waals surface area contributed by atoms with Crippen LogP contribution in [0, 0.1) is 0 Å². The molecular formula is C15H11ClO3S. The fourth-order valence-corrected chi connectivity index (χ4v) is 2.82. The number of hydrogen-bond acceptors (Lipinski definition) is 4. The number of thiophene rings is 1. The lowest BCUT2D eigenvalue weighted by atomic mass is 10.1. The number of ketones is 1. The third kappa shape index (κ3) is 2.71. The van der Waals surface area contributed by atoms with Gasteiger partial charge in [0.1, 0.15) is 13.2 Å². The maximum atomic E-state index is 11.9. The molecule has 20 heavy (non-hydrogen) atoms. The largest absolute Gasteiger partial charge is 0.486 e. The summed E-state index contributed by atoms with van der Waals surface area (Å²) in [6.45, 7) is 1.00. The van der Waals surface area contributed by atoms with Crippen LogP contribution in [0.2, 0.25) is 5.02 Å². The van der Waals surface area contributed by atoms with Gasteiger partial charge in [-0.25, -0.2) is 0 Å². The van der Waals surface area contributed by atoms with E-state index in [1.54, 1.807) is 18.2 Å². The lowest BCUT2D eigenvalue weighted by Crippen LogP contribution is -2.15. The number of halogens is 1. The average Bonchev–Trinajstić information content (AvgIpc) is 2.99. The first-order valence-electron chi connectivity index (χ1n) is 6.09. The molecule has 0 unspecified atom stereocenters. The summed E-state index contributed by atoms with van der Waals surface area (Å²) in [7, 11) is 0. The van der Waals surface area contributed by atoms with Crippen LogP contribution in [0.3, 0.4) is 0 Å². The molecule has 1 aromatic heterocycles. The summed E-state index contributed by atoms with van der Waals surface area (Å²) >= 11 is 7.56. The highest BCUT2D eigenvalue weighted by Gasteiger charge is 2.16. The molecule has 1 aliphatic heterocycles. The molecule has 2 aromatic rings. The SMILES string of the molecule is O=C(/C=C/c1cc(Cl)c2c(c1)OCCO2)c1cccs1. The molecule has 0 aliphatic carbocycles. The number of benzene rings is 1. The van der Waals surface area contributed by atoms with Gasteiger partial charge in [-0.15, -0.1) is 11.3 Å². The van der Waals surface area contributed by atoms with Gasteiger partial charge in [0.15, 0.2) is 17.3 Å². The second kappa shape index (κ2) is 5.69. The van der Waals surface area contributed by atoms with Gasteiger partial charge in [-0.1, -0.05) is 23.7 Å². The Morgan fingerprint density at radius 1 is 1.30 bits per heavy atom. The van der Waals surface area contributed by atoms with Gasteiger partial charge in [-0.3, -0.25) is 4.79 Å². The Morgan fingerprint density at radius 2 is 2.15 bits per heavy atom. The highest BCUT2D eigenvalue weighted by atomic mass is 35.5. The van der Waals surface area contributed by atoms with E-state index in [-0.39, 0.29) is 5.78 Å². The van der Waals surface area contributed by atoms with E-state index in [1.165, 1.54) is 17.4 Å². The van der Waals surface area contributed by atoms with Gasteiger partial charge in [-0.05, 0) is 35.2 Å². The number of carbonyl (C=O) groups is 1. The van der Waals surface area contributed by atoms with Gasteiger partial charge in [0, 0.05) is 0 Å². The Balaban J connectivity index is 1.84. The molecule has 0 amide bonds. The molecule has 0 atom stereocenters. The molecule has 0 spiro atoms. The zero-order valence-corrected chi connectivity index (χ0v) is 12.0. The van der Waals surface area contributed by atoms with E-state index in [9.17, 15) is 4.79 Å².